The normalized spacial score (nSPS) is 15.5. The van der Waals surface area contributed by atoms with Gasteiger partial charge in [-0.2, -0.15) is 0 Å². The quantitative estimate of drug-likeness (QED) is 0.119. The highest BCUT2D eigenvalue weighted by Gasteiger charge is 2.34. The maximum Gasteiger partial charge on any atom is 0.166 e. The second kappa shape index (κ2) is 32.3. The summed E-state index contributed by atoms with van der Waals surface area (Å²) in [6.45, 7) is 28.1. The zero-order valence-electron chi connectivity index (χ0n) is 32.0. The van der Waals surface area contributed by atoms with Crippen molar-refractivity contribution < 1.29 is 50.1 Å². The number of rotatable bonds is 16. The zero-order chi connectivity index (χ0) is 37.9. The highest BCUT2D eigenvalue weighted by molar-refractivity contribution is 5.86. The van der Waals surface area contributed by atoms with Crippen LogP contribution in [-0.4, -0.2) is 95.8 Å². The van der Waals surface area contributed by atoms with Crippen molar-refractivity contribution in [1.82, 2.24) is 0 Å². The van der Waals surface area contributed by atoms with Gasteiger partial charge in [-0.25, -0.2) is 0 Å². The van der Waals surface area contributed by atoms with Crippen LogP contribution >= 0.6 is 0 Å². The molecule has 0 bridgehead atoms. The van der Waals surface area contributed by atoms with Crippen LogP contribution in [0.3, 0.4) is 0 Å². The summed E-state index contributed by atoms with van der Waals surface area (Å²) < 4.78 is 0. The molecule has 10 heteroatoms. The molecule has 0 fully saturated rings. The van der Waals surface area contributed by atoms with E-state index in [1.165, 1.54) is 6.92 Å². The van der Waals surface area contributed by atoms with E-state index in [-0.39, 0.29) is 42.2 Å². The van der Waals surface area contributed by atoms with Crippen molar-refractivity contribution >= 4 is 17.3 Å². The van der Waals surface area contributed by atoms with E-state index in [9.17, 15) is 34.8 Å². The van der Waals surface area contributed by atoms with Gasteiger partial charge in [-0.15, -0.1) is 0 Å². The fraction of sp³-hybridized carbons (Fsp3) is 0.917. The predicted octanol–water partition coefficient (Wildman–Crippen LogP) is 4.89. The number of aliphatic hydroxyl groups is 7. The average molecular weight is 669 g/mol. The van der Waals surface area contributed by atoms with Crippen LogP contribution in [0.1, 0.15) is 142 Å². The topological polar surface area (TPSA) is 193 Å². The Morgan fingerprint density at radius 1 is 0.543 bits per heavy atom. The van der Waals surface area contributed by atoms with Crippen LogP contribution in [-0.2, 0) is 14.4 Å². The minimum Gasteiger partial charge on any atom is -0.393 e. The van der Waals surface area contributed by atoms with Crippen molar-refractivity contribution in [3.05, 3.63) is 0 Å². The third-order valence-electron chi connectivity index (χ3n) is 7.08. The lowest BCUT2D eigenvalue weighted by Crippen LogP contribution is -2.48. The number of hydrogen-bond donors (Lipinski definition) is 7. The Balaban J connectivity index is -0.000000159. The molecule has 0 aromatic rings. The SMILES string of the molecule is CC(=O)CCC(=O)C(C)C.CC(C)C(C)O.CCC(O)C(C)C.CCC(O)C(O)C(O)C(O)C(=O)C(C)C.CCC(O)CC(C)C. The lowest BCUT2D eigenvalue weighted by Gasteiger charge is -2.25. The molecule has 7 atom stereocenters. The largest absolute Gasteiger partial charge is 0.393 e. The van der Waals surface area contributed by atoms with E-state index in [1.54, 1.807) is 27.7 Å². The third kappa shape index (κ3) is 35.6. The molecule has 0 saturated carbocycles. The second-order valence-corrected chi connectivity index (χ2v) is 13.7. The molecule has 0 radical (unpaired) electrons. The highest BCUT2D eigenvalue weighted by Crippen LogP contribution is 2.11. The van der Waals surface area contributed by atoms with Crippen molar-refractivity contribution in [1.29, 1.82) is 0 Å². The van der Waals surface area contributed by atoms with Gasteiger partial charge in [-0.05, 0) is 57.3 Å². The first-order chi connectivity index (χ1) is 20.8. The van der Waals surface area contributed by atoms with E-state index in [0.29, 0.717) is 30.6 Å². The van der Waals surface area contributed by atoms with Gasteiger partial charge in [0, 0.05) is 24.7 Å². The molecule has 0 rings (SSSR count). The highest BCUT2D eigenvalue weighted by atomic mass is 16.4. The molecule has 0 spiro atoms. The Labute approximate surface area is 282 Å². The Morgan fingerprint density at radius 3 is 1.15 bits per heavy atom. The van der Waals surface area contributed by atoms with E-state index in [2.05, 4.69) is 13.8 Å². The molecule has 7 N–H and O–H groups in total. The molecular weight excluding hydrogens is 592 g/mol. The molecule has 0 aromatic carbocycles. The van der Waals surface area contributed by atoms with Crippen LogP contribution < -0.4 is 0 Å². The molecule has 0 aliphatic heterocycles. The molecule has 10 nitrogen and oxygen atoms in total. The van der Waals surface area contributed by atoms with Gasteiger partial charge in [0.05, 0.1) is 24.4 Å². The maximum atomic E-state index is 11.3. The van der Waals surface area contributed by atoms with Crippen LogP contribution in [0.5, 0.6) is 0 Å². The fourth-order valence-electron chi connectivity index (χ4n) is 2.94. The molecule has 0 amide bonds. The molecule has 0 heterocycles. The van der Waals surface area contributed by atoms with Crippen LogP contribution in [0.2, 0.25) is 0 Å². The zero-order valence-corrected chi connectivity index (χ0v) is 32.0. The van der Waals surface area contributed by atoms with Gasteiger partial charge in [0.25, 0.3) is 0 Å². The first kappa shape index (κ1) is 54.2. The molecule has 7 unspecified atom stereocenters. The lowest BCUT2D eigenvalue weighted by molar-refractivity contribution is -0.147. The predicted molar refractivity (Wildman–Crippen MR) is 187 cm³/mol. The van der Waals surface area contributed by atoms with E-state index in [1.807, 2.05) is 55.4 Å². The average Bonchev–Trinajstić information content (AvgIpc) is 2.97. The van der Waals surface area contributed by atoms with Crippen LogP contribution in [0.25, 0.3) is 0 Å². The Morgan fingerprint density at radius 2 is 0.957 bits per heavy atom. The van der Waals surface area contributed by atoms with E-state index in [0.717, 1.165) is 19.3 Å². The van der Waals surface area contributed by atoms with Crippen molar-refractivity contribution in [2.24, 2.45) is 29.6 Å². The number of carbonyl (C=O) groups excluding carboxylic acids is 3. The van der Waals surface area contributed by atoms with Crippen molar-refractivity contribution in [3.63, 3.8) is 0 Å². The van der Waals surface area contributed by atoms with E-state index in [4.69, 9.17) is 15.3 Å². The number of aliphatic hydroxyl groups excluding tert-OH is 7. The standard InChI is InChI=1S/C10H20O5.C8H14O2.C7H16O.C6H14O.C5H12O/c1-4-6(11)8(13)10(15)9(14)7(12)5(2)3;1-6(2)8(10)5-4-7(3)9;1-4-7(8)5-6(2)3;1-4-6(7)5(2)3;1-4(2)5(3)6/h5-6,8-11,13-15H,4H2,1-3H3;6H,4-5H2,1-3H3;6-8H,4-5H2,1-3H3;5-7H,4H2,1-3H3;4-6H,1-3H3. The van der Waals surface area contributed by atoms with Crippen LogP contribution in [0.4, 0.5) is 0 Å². The summed E-state index contributed by atoms with van der Waals surface area (Å²) in [5, 5.41) is 64.0. The Bertz CT molecular complexity index is 714. The summed E-state index contributed by atoms with van der Waals surface area (Å²) in [4.78, 5) is 32.6. The summed E-state index contributed by atoms with van der Waals surface area (Å²) >= 11 is 0. The van der Waals surface area contributed by atoms with Crippen LogP contribution in [0, 0.1) is 29.6 Å². The first-order valence-corrected chi connectivity index (χ1v) is 17.2. The molecular formula is C36H76O10. The summed E-state index contributed by atoms with van der Waals surface area (Å²) in [7, 11) is 0. The van der Waals surface area contributed by atoms with Crippen molar-refractivity contribution in [2.45, 2.75) is 185 Å². The van der Waals surface area contributed by atoms with E-state index < -0.39 is 36.1 Å². The van der Waals surface area contributed by atoms with Gasteiger partial charge >= 0.3 is 0 Å². The minimum absolute atomic E-state index is 0.0688. The first-order valence-electron chi connectivity index (χ1n) is 17.2. The fourth-order valence-corrected chi connectivity index (χ4v) is 2.94. The molecule has 0 aromatic heterocycles. The van der Waals surface area contributed by atoms with Gasteiger partial charge in [0.15, 0.2) is 5.78 Å². The second-order valence-electron chi connectivity index (χ2n) is 13.7. The summed E-state index contributed by atoms with van der Waals surface area (Å²) in [6.07, 6.45) is -2.52. The maximum absolute atomic E-state index is 11.3. The molecule has 280 valence electrons. The summed E-state index contributed by atoms with van der Waals surface area (Å²) in [5.74, 6) is 0.814. The van der Waals surface area contributed by atoms with Crippen LogP contribution in [0.15, 0.2) is 0 Å². The molecule has 0 aliphatic rings. The van der Waals surface area contributed by atoms with Gasteiger partial charge in [0.2, 0.25) is 0 Å². The van der Waals surface area contributed by atoms with Gasteiger partial charge in [-0.1, -0.05) is 90.0 Å². The lowest BCUT2D eigenvalue weighted by atomic mass is 9.94. The third-order valence-corrected chi connectivity index (χ3v) is 7.08. The van der Waals surface area contributed by atoms with Crippen molar-refractivity contribution in [2.75, 3.05) is 0 Å². The summed E-state index contributed by atoms with van der Waals surface area (Å²) in [5.41, 5.74) is 0. The Kier molecular flexibility index (Phi) is 38.0. The Hall–Kier alpha value is -1.27. The smallest absolute Gasteiger partial charge is 0.166 e. The number of ketones is 3. The molecule has 0 saturated heterocycles. The van der Waals surface area contributed by atoms with Gasteiger partial charge in [-0.3, -0.25) is 9.59 Å². The van der Waals surface area contributed by atoms with E-state index >= 15 is 0 Å². The van der Waals surface area contributed by atoms with Gasteiger partial charge in [0.1, 0.15) is 29.9 Å². The monoisotopic (exact) mass is 669 g/mol. The number of carbonyl (C=O) groups is 3. The minimum atomic E-state index is -1.65. The number of Topliss-reactive ketones (excluding diaryl/α,β-unsaturated/α-hetero) is 3. The molecule has 0 aliphatic carbocycles. The molecule has 46 heavy (non-hydrogen) atoms. The van der Waals surface area contributed by atoms with Gasteiger partial charge < -0.3 is 40.5 Å². The number of hydrogen-bond acceptors (Lipinski definition) is 10. The summed E-state index contributed by atoms with van der Waals surface area (Å²) in [6, 6.07) is 0. The van der Waals surface area contributed by atoms with Crippen molar-refractivity contribution in [3.8, 4) is 0 Å².